The fourth-order valence-corrected chi connectivity index (χ4v) is 5.74. The molecular weight excluding hydrogens is 468 g/mol. The maximum Gasteiger partial charge on any atom is 0.246 e. The van der Waals surface area contributed by atoms with Gasteiger partial charge in [-0.25, -0.2) is 8.42 Å². The fraction of sp³-hybridized carbons (Fsp3) is 0.435. The molecule has 1 amide bonds. The molecule has 1 fully saturated rings. The second kappa shape index (κ2) is 10.2. The molecule has 2 aromatic carbocycles. The number of sulfonamides is 1. The first-order valence-electron chi connectivity index (χ1n) is 10.5. The Morgan fingerprint density at radius 3 is 2.33 bits per heavy atom. The van der Waals surface area contributed by atoms with Crippen LogP contribution in [0.3, 0.4) is 0 Å². The Hall–Kier alpha value is -2.49. The summed E-state index contributed by atoms with van der Waals surface area (Å²) in [5, 5.41) is 0.640. The zero-order valence-corrected chi connectivity index (χ0v) is 20.5. The molecule has 0 saturated carbocycles. The van der Waals surface area contributed by atoms with Crippen LogP contribution in [0, 0.1) is 12.3 Å². The summed E-state index contributed by atoms with van der Waals surface area (Å²) in [6.45, 7) is 2.57. The normalized spacial score (nSPS) is 16.2. The van der Waals surface area contributed by atoms with E-state index in [0.717, 1.165) is 5.56 Å². The number of primary amides is 1. The summed E-state index contributed by atoms with van der Waals surface area (Å²) in [6.07, 6.45) is 0.956. The van der Waals surface area contributed by atoms with E-state index >= 15 is 0 Å². The minimum absolute atomic E-state index is 0.0413. The van der Waals surface area contributed by atoms with E-state index in [4.69, 9.17) is 31.5 Å². The number of hydrogen-bond donors (Lipinski definition) is 1. The van der Waals surface area contributed by atoms with Crippen molar-refractivity contribution >= 4 is 27.5 Å². The monoisotopic (exact) mass is 496 g/mol. The largest absolute Gasteiger partial charge is 0.497 e. The van der Waals surface area contributed by atoms with Crippen LogP contribution in [0.5, 0.6) is 17.2 Å². The number of methoxy groups -OCH3 is 2. The Balaban J connectivity index is 1.78. The highest BCUT2D eigenvalue weighted by atomic mass is 35.5. The summed E-state index contributed by atoms with van der Waals surface area (Å²) in [5.74, 6) is 0.848. The van der Waals surface area contributed by atoms with Gasteiger partial charge in [0.25, 0.3) is 0 Å². The fourth-order valence-electron chi connectivity index (χ4n) is 4.01. The van der Waals surface area contributed by atoms with Crippen LogP contribution in [0.1, 0.15) is 24.8 Å². The Morgan fingerprint density at radius 1 is 1.09 bits per heavy atom. The molecule has 2 N–H and O–H groups in total. The third-order valence-corrected chi connectivity index (χ3v) is 8.34. The van der Waals surface area contributed by atoms with Gasteiger partial charge in [0, 0.05) is 36.0 Å². The van der Waals surface area contributed by atoms with Crippen LogP contribution < -0.4 is 19.9 Å². The molecule has 33 heavy (non-hydrogen) atoms. The van der Waals surface area contributed by atoms with Gasteiger partial charge in [-0.2, -0.15) is 4.31 Å². The van der Waals surface area contributed by atoms with Gasteiger partial charge in [-0.1, -0.05) is 11.6 Å². The average molecular weight is 497 g/mol. The molecule has 0 radical (unpaired) electrons. The van der Waals surface area contributed by atoms with E-state index in [1.54, 1.807) is 24.3 Å². The highest BCUT2D eigenvalue weighted by molar-refractivity contribution is 7.89. The molecule has 0 aliphatic carbocycles. The number of benzene rings is 2. The van der Waals surface area contributed by atoms with Gasteiger partial charge >= 0.3 is 0 Å². The summed E-state index contributed by atoms with van der Waals surface area (Å²) < 4.78 is 44.6. The Labute approximate surface area is 199 Å². The smallest absolute Gasteiger partial charge is 0.246 e. The molecule has 180 valence electrons. The van der Waals surface area contributed by atoms with Crippen molar-refractivity contribution in [1.29, 1.82) is 0 Å². The molecule has 8 nitrogen and oxygen atoms in total. The highest BCUT2D eigenvalue weighted by Crippen LogP contribution is 2.39. The van der Waals surface area contributed by atoms with Crippen molar-refractivity contribution in [2.24, 2.45) is 11.1 Å². The molecule has 10 heteroatoms. The Kier molecular flexibility index (Phi) is 7.76. The van der Waals surface area contributed by atoms with E-state index in [1.165, 1.54) is 24.6 Å². The average Bonchev–Trinajstić information content (AvgIpc) is 2.79. The Morgan fingerprint density at radius 2 is 1.76 bits per heavy atom. The molecule has 1 aliphatic heterocycles. The van der Waals surface area contributed by atoms with Crippen LogP contribution in [0.4, 0.5) is 0 Å². The number of amides is 1. The van der Waals surface area contributed by atoms with Crippen molar-refractivity contribution in [1.82, 2.24) is 4.31 Å². The molecule has 1 heterocycles. The zero-order valence-electron chi connectivity index (χ0n) is 19.0. The van der Waals surface area contributed by atoms with Gasteiger partial charge in [0.1, 0.15) is 22.1 Å². The summed E-state index contributed by atoms with van der Waals surface area (Å²) in [5.41, 5.74) is 5.84. The van der Waals surface area contributed by atoms with Crippen LogP contribution in [0.25, 0.3) is 0 Å². The number of nitrogens with two attached hydrogens (primary N) is 1. The molecule has 3 rings (SSSR count). The van der Waals surface area contributed by atoms with Gasteiger partial charge < -0.3 is 19.9 Å². The SMILES string of the molecule is COc1ccc(OC)c(S(=O)(=O)N2CCC(COc3ccc(Cl)c(C)c3)(CC(N)=O)CC2)c1. The molecular formula is C23H29ClN2O6S. The first-order valence-corrected chi connectivity index (χ1v) is 12.3. The number of piperidine rings is 1. The Bertz CT molecular complexity index is 1110. The van der Waals surface area contributed by atoms with Crippen molar-refractivity contribution in [3.63, 3.8) is 0 Å². The predicted molar refractivity (Wildman–Crippen MR) is 125 cm³/mol. The van der Waals surface area contributed by atoms with Gasteiger partial charge in [-0.3, -0.25) is 4.79 Å². The van der Waals surface area contributed by atoms with E-state index < -0.39 is 21.3 Å². The minimum Gasteiger partial charge on any atom is -0.497 e. The summed E-state index contributed by atoms with van der Waals surface area (Å²) in [4.78, 5) is 11.9. The minimum atomic E-state index is -3.84. The number of carbonyl (C=O) groups is 1. The predicted octanol–water partition coefficient (Wildman–Crippen LogP) is 3.39. The number of nitrogens with zero attached hydrogens (tertiary/aromatic N) is 1. The first kappa shape index (κ1) is 25.1. The third kappa shape index (κ3) is 5.72. The molecule has 1 saturated heterocycles. The van der Waals surface area contributed by atoms with Crippen molar-refractivity contribution in [2.45, 2.75) is 31.1 Å². The van der Waals surface area contributed by atoms with E-state index in [-0.39, 0.29) is 36.8 Å². The summed E-state index contributed by atoms with van der Waals surface area (Å²) >= 11 is 6.08. The van der Waals surface area contributed by atoms with Crippen LogP contribution in [-0.2, 0) is 14.8 Å². The van der Waals surface area contributed by atoms with Crippen molar-refractivity contribution < 1.29 is 27.4 Å². The van der Waals surface area contributed by atoms with E-state index in [1.807, 2.05) is 13.0 Å². The molecule has 0 bridgehead atoms. The van der Waals surface area contributed by atoms with Crippen LogP contribution in [0.2, 0.25) is 5.02 Å². The van der Waals surface area contributed by atoms with Gasteiger partial charge in [-0.05, 0) is 55.7 Å². The quantitative estimate of drug-likeness (QED) is 0.570. The number of halogens is 1. The topological polar surface area (TPSA) is 108 Å². The number of carbonyl (C=O) groups excluding carboxylic acids is 1. The van der Waals surface area contributed by atoms with Gasteiger partial charge in [0.05, 0.1) is 20.8 Å². The molecule has 0 unspecified atom stereocenters. The van der Waals surface area contributed by atoms with E-state index in [0.29, 0.717) is 29.4 Å². The van der Waals surface area contributed by atoms with Crippen LogP contribution in [-0.4, -0.2) is 52.5 Å². The lowest BCUT2D eigenvalue weighted by Crippen LogP contribution is -2.47. The maximum absolute atomic E-state index is 13.4. The zero-order chi connectivity index (χ0) is 24.2. The van der Waals surface area contributed by atoms with Crippen LogP contribution in [0.15, 0.2) is 41.3 Å². The molecule has 0 atom stereocenters. The second-order valence-electron chi connectivity index (χ2n) is 8.26. The highest BCUT2D eigenvalue weighted by Gasteiger charge is 2.41. The molecule has 0 spiro atoms. The standard InChI is InChI=1S/C23H29ClN2O6S/c1-16-12-18(4-6-19(16)24)32-15-23(14-22(25)27)8-10-26(11-9-23)33(28,29)21-13-17(30-2)5-7-20(21)31-3/h4-7,12-13H,8-11,14-15H2,1-3H3,(H2,25,27). The number of ether oxygens (including phenoxy) is 3. The summed E-state index contributed by atoms with van der Waals surface area (Å²) in [6, 6.07) is 10.0. The third-order valence-electron chi connectivity index (χ3n) is 6.00. The lowest BCUT2D eigenvalue weighted by atomic mass is 9.76. The van der Waals surface area contributed by atoms with E-state index in [2.05, 4.69) is 0 Å². The second-order valence-corrected chi connectivity index (χ2v) is 10.6. The maximum atomic E-state index is 13.4. The van der Waals surface area contributed by atoms with Gasteiger partial charge in [-0.15, -0.1) is 0 Å². The van der Waals surface area contributed by atoms with Gasteiger partial charge in [0.15, 0.2) is 0 Å². The molecule has 1 aliphatic rings. The van der Waals surface area contributed by atoms with Crippen molar-refractivity contribution in [2.75, 3.05) is 33.9 Å². The van der Waals surface area contributed by atoms with E-state index in [9.17, 15) is 13.2 Å². The number of aryl methyl sites for hydroxylation is 1. The summed E-state index contributed by atoms with van der Waals surface area (Å²) in [7, 11) is -0.944. The van der Waals surface area contributed by atoms with Crippen molar-refractivity contribution in [3.05, 3.63) is 47.0 Å². The number of hydrogen-bond acceptors (Lipinski definition) is 6. The first-order chi connectivity index (χ1) is 15.6. The molecule has 0 aromatic heterocycles. The lowest BCUT2D eigenvalue weighted by Gasteiger charge is -2.40. The number of rotatable bonds is 9. The molecule has 2 aromatic rings. The lowest BCUT2D eigenvalue weighted by molar-refractivity contribution is -0.121. The van der Waals surface area contributed by atoms with Gasteiger partial charge in [0.2, 0.25) is 15.9 Å². The van der Waals surface area contributed by atoms with Crippen LogP contribution >= 0.6 is 11.6 Å². The van der Waals surface area contributed by atoms with Crippen molar-refractivity contribution in [3.8, 4) is 17.2 Å².